The number of rotatable bonds is 4. The van der Waals surface area contributed by atoms with Gasteiger partial charge in [0.15, 0.2) is 5.69 Å². The van der Waals surface area contributed by atoms with Gasteiger partial charge in [0.05, 0.1) is 5.69 Å². The number of anilines is 1. The first-order valence-electron chi connectivity index (χ1n) is 5.10. The Bertz CT molecular complexity index is 495. The summed E-state index contributed by atoms with van der Waals surface area (Å²) in [5, 5.41) is 9.13. The van der Waals surface area contributed by atoms with Gasteiger partial charge in [-0.1, -0.05) is 0 Å². The second kappa shape index (κ2) is 5.06. The van der Waals surface area contributed by atoms with Gasteiger partial charge in [0.1, 0.15) is 12.2 Å². The van der Waals surface area contributed by atoms with Crippen molar-refractivity contribution in [2.45, 2.75) is 6.42 Å². The summed E-state index contributed by atoms with van der Waals surface area (Å²) >= 11 is 0. The Morgan fingerprint density at radius 2 is 2.35 bits per heavy atom. The first kappa shape index (κ1) is 11.1. The molecule has 0 aliphatic rings. The lowest BCUT2D eigenvalue weighted by Crippen LogP contribution is -2.27. The average Bonchev–Trinajstić information content (AvgIpc) is 2.82. The number of nitrogens with zero attached hydrogens (tertiary/aromatic N) is 3. The SMILES string of the molecule is Nc1cccnc1C(=O)NCCc1ncn[nH]1. The highest BCUT2D eigenvalue weighted by atomic mass is 16.1. The minimum atomic E-state index is -0.289. The smallest absolute Gasteiger partial charge is 0.272 e. The van der Waals surface area contributed by atoms with Gasteiger partial charge in [-0.15, -0.1) is 0 Å². The fraction of sp³-hybridized carbons (Fsp3) is 0.200. The number of hydrogen-bond donors (Lipinski definition) is 3. The highest BCUT2D eigenvalue weighted by molar-refractivity contribution is 5.96. The summed E-state index contributed by atoms with van der Waals surface area (Å²) < 4.78 is 0. The van der Waals surface area contributed by atoms with Crippen molar-refractivity contribution in [3.8, 4) is 0 Å². The normalized spacial score (nSPS) is 10.1. The third-order valence-electron chi connectivity index (χ3n) is 2.17. The maximum Gasteiger partial charge on any atom is 0.272 e. The Balaban J connectivity index is 1.88. The molecule has 0 fully saturated rings. The summed E-state index contributed by atoms with van der Waals surface area (Å²) in [6.45, 7) is 0.448. The van der Waals surface area contributed by atoms with Crippen molar-refractivity contribution in [2.24, 2.45) is 0 Å². The number of carbonyl (C=O) groups excluding carboxylic acids is 1. The van der Waals surface area contributed by atoms with Crippen LogP contribution in [0.25, 0.3) is 0 Å². The Morgan fingerprint density at radius 1 is 1.47 bits per heavy atom. The number of aromatic amines is 1. The van der Waals surface area contributed by atoms with Gasteiger partial charge >= 0.3 is 0 Å². The zero-order valence-electron chi connectivity index (χ0n) is 9.05. The third-order valence-corrected chi connectivity index (χ3v) is 2.17. The van der Waals surface area contributed by atoms with E-state index in [2.05, 4.69) is 25.5 Å². The molecule has 7 heteroatoms. The van der Waals surface area contributed by atoms with Gasteiger partial charge in [0.2, 0.25) is 0 Å². The van der Waals surface area contributed by atoms with Gasteiger partial charge in [-0.2, -0.15) is 5.10 Å². The summed E-state index contributed by atoms with van der Waals surface area (Å²) in [4.78, 5) is 19.6. The van der Waals surface area contributed by atoms with E-state index in [4.69, 9.17) is 5.73 Å². The molecule has 0 bridgehead atoms. The number of H-pyrrole nitrogens is 1. The lowest BCUT2D eigenvalue weighted by molar-refractivity contribution is 0.0950. The number of pyridine rings is 1. The molecular formula is C10H12N6O. The standard InChI is InChI=1S/C10H12N6O/c11-7-2-1-4-12-9(7)10(17)13-5-3-8-14-6-15-16-8/h1-2,4,6H,3,5,11H2,(H,13,17)(H,14,15,16). The number of aromatic nitrogens is 4. The van der Waals surface area contributed by atoms with Crippen LogP contribution in [0.4, 0.5) is 5.69 Å². The molecule has 0 aromatic carbocycles. The minimum Gasteiger partial charge on any atom is -0.397 e. The second-order valence-electron chi connectivity index (χ2n) is 3.38. The number of amides is 1. The fourth-order valence-corrected chi connectivity index (χ4v) is 1.34. The maximum atomic E-state index is 11.7. The van der Waals surface area contributed by atoms with E-state index in [0.29, 0.717) is 18.7 Å². The molecule has 4 N–H and O–H groups in total. The molecule has 1 amide bonds. The van der Waals surface area contributed by atoms with Gasteiger partial charge in [-0.25, -0.2) is 9.97 Å². The van der Waals surface area contributed by atoms with Gasteiger partial charge in [-0.3, -0.25) is 9.89 Å². The topological polar surface area (TPSA) is 110 Å². The van der Waals surface area contributed by atoms with Gasteiger partial charge in [0.25, 0.3) is 5.91 Å². The van der Waals surface area contributed by atoms with Gasteiger partial charge in [-0.05, 0) is 12.1 Å². The van der Waals surface area contributed by atoms with Crippen LogP contribution in [0.3, 0.4) is 0 Å². The summed E-state index contributed by atoms with van der Waals surface area (Å²) in [6.07, 6.45) is 3.54. The number of nitrogens with two attached hydrogens (primary N) is 1. The van der Waals surface area contributed by atoms with Crippen molar-refractivity contribution >= 4 is 11.6 Å². The quantitative estimate of drug-likeness (QED) is 0.673. The zero-order chi connectivity index (χ0) is 12.1. The van der Waals surface area contributed by atoms with Crippen LogP contribution in [0.15, 0.2) is 24.7 Å². The largest absolute Gasteiger partial charge is 0.397 e. The van der Waals surface area contributed by atoms with Crippen molar-refractivity contribution in [3.05, 3.63) is 36.2 Å². The van der Waals surface area contributed by atoms with E-state index in [9.17, 15) is 4.79 Å². The van der Waals surface area contributed by atoms with E-state index in [1.165, 1.54) is 12.5 Å². The lowest BCUT2D eigenvalue weighted by atomic mass is 10.3. The summed E-state index contributed by atoms with van der Waals surface area (Å²) in [5.41, 5.74) is 6.24. The van der Waals surface area contributed by atoms with Gasteiger partial charge < -0.3 is 11.1 Å². The van der Waals surface area contributed by atoms with Crippen LogP contribution >= 0.6 is 0 Å². The van der Waals surface area contributed by atoms with Crippen LogP contribution in [-0.4, -0.2) is 32.6 Å². The Morgan fingerprint density at radius 3 is 3.06 bits per heavy atom. The second-order valence-corrected chi connectivity index (χ2v) is 3.38. The molecule has 88 valence electrons. The monoisotopic (exact) mass is 232 g/mol. The van der Waals surface area contributed by atoms with Crippen LogP contribution < -0.4 is 11.1 Å². The number of hydrogen-bond acceptors (Lipinski definition) is 5. The highest BCUT2D eigenvalue weighted by Crippen LogP contribution is 2.05. The molecule has 7 nitrogen and oxygen atoms in total. The maximum absolute atomic E-state index is 11.7. The minimum absolute atomic E-state index is 0.241. The molecule has 0 spiro atoms. The number of nitrogens with one attached hydrogen (secondary N) is 2. The average molecular weight is 232 g/mol. The van der Waals surface area contributed by atoms with E-state index in [0.717, 1.165) is 5.82 Å². The third kappa shape index (κ3) is 2.77. The van der Waals surface area contributed by atoms with Gasteiger partial charge in [0, 0.05) is 19.2 Å². The molecule has 2 heterocycles. The summed E-state index contributed by atoms with van der Waals surface area (Å²) in [7, 11) is 0. The van der Waals surface area contributed by atoms with E-state index in [1.54, 1.807) is 12.1 Å². The van der Waals surface area contributed by atoms with Crippen LogP contribution in [0.5, 0.6) is 0 Å². The lowest BCUT2D eigenvalue weighted by Gasteiger charge is -2.05. The van der Waals surface area contributed by atoms with Crippen molar-refractivity contribution < 1.29 is 4.79 Å². The predicted molar refractivity (Wildman–Crippen MR) is 61.1 cm³/mol. The molecule has 0 atom stereocenters. The van der Waals surface area contributed by atoms with E-state index in [1.807, 2.05) is 0 Å². The molecule has 2 aromatic heterocycles. The molecule has 2 aromatic rings. The molecule has 0 radical (unpaired) electrons. The summed E-state index contributed by atoms with van der Waals surface area (Å²) in [5.74, 6) is 0.432. The predicted octanol–water partition coefficient (Wildman–Crippen LogP) is -0.246. The van der Waals surface area contributed by atoms with Crippen molar-refractivity contribution in [1.29, 1.82) is 0 Å². The first-order chi connectivity index (χ1) is 8.27. The van der Waals surface area contributed by atoms with E-state index in [-0.39, 0.29) is 11.6 Å². The molecule has 17 heavy (non-hydrogen) atoms. The molecule has 0 saturated carbocycles. The molecule has 0 saturated heterocycles. The van der Waals surface area contributed by atoms with Crippen LogP contribution in [0.2, 0.25) is 0 Å². The number of nitrogen functional groups attached to an aromatic ring is 1. The van der Waals surface area contributed by atoms with E-state index >= 15 is 0 Å². The van der Waals surface area contributed by atoms with E-state index < -0.39 is 0 Å². The Labute approximate surface area is 97.5 Å². The van der Waals surface area contributed by atoms with Crippen molar-refractivity contribution in [1.82, 2.24) is 25.5 Å². The van der Waals surface area contributed by atoms with Crippen molar-refractivity contribution in [3.63, 3.8) is 0 Å². The molecule has 2 rings (SSSR count). The van der Waals surface area contributed by atoms with Crippen molar-refractivity contribution in [2.75, 3.05) is 12.3 Å². The fourth-order valence-electron chi connectivity index (χ4n) is 1.34. The summed E-state index contributed by atoms with van der Waals surface area (Å²) in [6, 6.07) is 3.32. The highest BCUT2D eigenvalue weighted by Gasteiger charge is 2.09. The van der Waals surface area contributed by atoms with Crippen LogP contribution in [0, 0.1) is 0 Å². The molecule has 0 unspecified atom stereocenters. The Kier molecular flexibility index (Phi) is 3.29. The van der Waals surface area contributed by atoms with Crippen LogP contribution in [-0.2, 0) is 6.42 Å². The zero-order valence-corrected chi connectivity index (χ0v) is 9.05. The van der Waals surface area contributed by atoms with Crippen LogP contribution in [0.1, 0.15) is 16.3 Å². The molecule has 0 aliphatic heterocycles. The molecule has 0 aliphatic carbocycles. The number of carbonyl (C=O) groups is 1. The molecular weight excluding hydrogens is 220 g/mol. The first-order valence-corrected chi connectivity index (χ1v) is 5.10. The Hall–Kier alpha value is -2.44.